The van der Waals surface area contributed by atoms with Gasteiger partial charge in [-0.25, -0.2) is 4.98 Å². The first-order chi connectivity index (χ1) is 12.1. The second-order valence-electron chi connectivity index (χ2n) is 6.29. The maximum Gasteiger partial charge on any atom is 0.241 e. The smallest absolute Gasteiger partial charge is 0.241 e. The van der Waals surface area contributed by atoms with E-state index in [0.29, 0.717) is 5.02 Å². The van der Waals surface area contributed by atoms with Crippen molar-refractivity contribution in [2.24, 2.45) is 0 Å². The number of nitrogens with zero attached hydrogens (tertiary/aromatic N) is 3. The van der Waals surface area contributed by atoms with E-state index in [2.05, 4.69) is 20.1 Å². The number of halogens is 1. The van der Waals surface area contributed by atoms with Crippen LogP contribution < -0.4 is 10.2 Å². The van der Waals surface area contributed by atoms with E-state index in [1.807, 2.05) is 56.4 Å². The number of amides is 1. The first kappa shape index (κ1) is 17.7. The number of pyridine rings is 1. The average molecular weight is 359 g/mol. The van der Waals surface area contributed by atoms with Crippen LogP contribution in [0.2, 0.25) is 5.02 Å². The van der Waals surface area contributed by atoms with E-state index in [4.69, 9.17) is 11.6 Å². The third kappa shape index (κ3) is 4.11. The maximum absolute atomic E-state index is 12.6. The quantitative estimate of drug-likeness (QED) is 0.911. The molecule has 1 saturated heterocycles. The monoisotopic (exact) mass is 358 g/mol. The largest absolute Gasteiger partial charge is 0.354 e. The molecule has 1 atom stereocenters. The molecule has 1 amide bonds. The first-order valence-electron chi connectivity index (χ1n) is 8.52. The standard InChI is InChI=1S/C19H23ClN4O/c1-14-16(20)6-5-7-17(14)22-19(25)15(2)23-10-12-24(13-11-23)18-8-3-4-9-21-18/h3-9,15H,10-13H2,1-2H3,(H,22,25)/t15-/m0/s1. The minimum absolute atomic E-state index is 0.00310. The van der Waals surface area contributed by atoms with E-state index in [-0.39, 0.29) is 11.9 Å². The van der Waals surface area contributed by atoms with Crippen molar-refractivity contribution in [3.63, 3.8) is 0 Å². The molecular weight excluding hydrogens is 336 g/mol. The van der Waals surface area contributed by atoms with E-state index < -0.39 is 0 Å². The highest BCUT2D eigenvalue weighted by Gasteiger charge is 2.26. The van der Waals surface area contributed by atoms with Gasteiger partial charge >= 0.3 is 0 Å². The molecule has 0 unspecified atom stereocenters. The summed E-state index contributed by atoms with van der Waals surface area (Å²) in [5.74, 6) is 0.991. The summed E-state index contributed by atoms with van der Waals surface area (Å²) in [6.45, 7) is 7.26. The zero-order valence-corrected chi connectivity index (χ0v) is 15.3. The third-order valence-electron chi connectivity index (χ3n) is 4.74. The summed E-state index contributed by atoms with van der Waals surface area (Å²) < 4.78 is 0. The molecule has 1 aliphatic heterocycles. The number of hydrogen-bond donors (Lipinski definition) is 1. The van der Waals surface area contributed by atoms with Gasteiger partial charge in [0.05, 0.1) is 6.04 Å². The normalized spacial score (nSPS) is 16.5. The Morgan fingerprint density at radius 2 is 1.92 bits per heavy atom. The third-order valence-corrected chi connectivity index (χ3v) is 5.15. The van der Waals surface area contributed by atoms with Crippen LogP contribution in [0.25, 0.3) is 0 Å². The molecule has 0 saturated carbocycles. The van der Waals surface area contributed by atoms with Gasteiger partial charge < -0.3 is 10.2 Å². The van der Waals surface area contributed by atoms with E-state index in [1.165, 1.54) is 0 Å². The Morgan fingerprint density at radius 3 is 2.60 bits per heavy atom. The van der Waals surface area contributed by atoms with Crippen molar-refractivity contribution in [2.75, 3.05) is 36.4 Å². The van der Waals surface area contributed by atoms with Crippen molar-refractivity contribution in [3.8, 4) is 0 Å². The Balaban J connectivity index is 1.58. The van der Waals surface area contributed by atoms with Crippen molar-refractivity contribution in [1.82, 2.24) is 9.88 Å². The highest BCUT2D eigenvalue weighted by atomic mass is 35.5. The Morgan fingerprint density at radius 1 is 1.16 bits per heavy atom. The lowest BCUT2D eigenvalue weighted by Gasteiger charge is -2.38. The molecule has 1 fully saturated rings. The van der Waals surface area contributed by atoms with Crippen LogP contribution in [0.5, 0.6) is 0 Å². The molecule has 0 spiro atoms. The Bertz CT molecular complexity index is 729. The van der Waals surface area contributed by atoms with Crippen LogP contribution >= 0.6 is 11.6 Å². The summed E-state index contributed by atoms with van der Waals surface area (Å²) in [6.07, 6.45) is 1.81. The van der Waals surface area contributed by atoms with Crippen molar-refractivity contribution in [2.45, 2.75) is 19.9 Å². The number of nitrogens with one attached hydrogen (secondary N) is 1. The summed E-state index contributed by atoms with van der Waals surface area (Å²) >= 11 is 6.13. The highest BCUT2D eigenvalue weighted by molar-refractivity contribution is 6.31. The molecule has 3 rings (SSSR count). The van der Waals surface area contributed by atoms with Gasteiger partial charge in [-0.05, 0) is 43.7 Å². The highest BCUT2D eigenvalue weighted by Crippen LogP contribution is 2.23. The van der Waals surface area contributed by atoms with Gasteiger partial charge in [0.15, 0.2) is 0 Å². The predicted octanol–water partition coefficient (Wildman–Crippen LogP) is 3.19. The van der Waals surface area contributed by atoms with Gasteiger partial charge in [-0.1, -0.05) is 23.7 Å². The number of aromatic nitrogens is 1. The summed E-state index contributed by atoms with van der Waals surface area (Å²) in [6, 6.07) is 11.3. The number of rotatable bonds is 4. The number of carbonyl (C=O) groups is 1. The molecule has 2 aromatic rings. The van der Waals surface area contributed by atoms with E-state index in [9.17, 15) is 4.79 Å². The van der Waals surface area contributed by atoms with Gasteiger partial charge in [0.25, 0.3) is 0 Å². The van der Waals surface area contributed by atoms with E-state index in [0.717, 1.165) is 43.2 Å². The molecule has 6 heteroatoms. The molecule has 0 bridgehead atoms. The van der Waals surface area contributed by atoms with Gasteiger partial charge in [-0.2, -0.15) is 0 Å². The minimum Gasteiger partial charge on any atom is -0.354 e. The number of anilines is 2. The summed E-state index contributed by atoms with van der Waals surface area (Å²) in [7, 11) is 0. The van der Waals surface area contributed by atoms with E-state index >= 15 is 0 Å². The van der Waals surface area contributed by atoms with Crippen LogP contribution in [0.3, 0.4) is 0 Å². The topological polar surface area (TPSA) is 48.5 Å². The Labute approximate surface area is 153 Å². The molecule has 132 valence electrons. The molecule has 1 aliphatic rings. The fraction of sp³-hybridized carbons (Fsp3) is 0.368. The zero-order valence-electron chi connectivity index (χ0n) is 14.6. The average Bonchev–Trinajstić information content (AvgIpc) is 2.65. The Hall–Kier alpha value is -2.11. The van der Waals surface area contributed by atoms with Gasteiger partial charge in [0.2, 0.25) is 5.91 Å². The van der Waals surface area contributed by atoms with Crippen molar-refractivity contribution in [3.05, 3.63) is 53.2 Å². The molecule has 0 aliphatic carbocycles. The maximum atomic E-state index is 12.6. The molecule has 1 N–H and O–H groups in total. The molecule has 1 aromatic heterocycles. The lowest BCUT2D eigenvalue weighted by Crippen LogP contribution is -2.53. The van der Waals surface area contributed by atoms with Gasteiger partial charge in [-0.3, -0.25) is 9.69 Å². The second-order valence-corrected chi connectivity index (χ2v) is 6.70. The molecular formula is C19H23ClN4O. The summed E-state index contributed by atoms with van der Waals surface area (Å²) in [5.41, 5.74) is 1.67. The fourth-order valence-corrected chi connectivity index (χ4v) is 3.20. The number of benzene rings is 1. The molecule has 5 nitrogen and oxygen atoms in total. The summed E-state index contributed by atoms with van der Waals surface area (Å²) in [4.78, 5) is 21.5. The predicted molar refractivity (Wildman–Crippen MR) is 102 cm³/mol. The van der Waals surface area contributed by atoms with Crippen LogP contribution in [-0.4, -0.2) is 48.0 Å². The zero-order chi connectivity index (χ0) is 17.8. The number of hydrogen-bond acceptors (Lipinski definition) is 4. The van der Waals surface area contributed by atoms with Crippen LogP contribution in [-0.2, 0) is 4.79 Å². The van der Waals surface area contributed by atoms with Crippen molar-refractivity contribution < 1.29 is 4.79 Å². The SMILES string of the molecule is Cc1c(Cl)cccc1NC(=O)[C@H](C)N1CCN(c2ccccn2)CC1. The van der Waals surface area contributed by atoms with Crippen LogP contribution in [0.1, 0.15) is 12.5 Å². The van der Waals surface area contributed by atoms with Gasteiger partial charge in [0, 0.05) is 43.1 Å². The summed E-state index contributed by atoms with van der Waals surface area (Å²) in [5, 5.41) is 3.66. The first-order valence-corrected chi connectivity index (χ1v) is 8.90. The molecule has 0 radical (unpaired) electrons. The van der Waals surface area contributed by atoms with Gasteiger partial charge in [0.1, 0.15) is 5.82 Å². The number of carbonyl (C=O) groups excluding carboxylic acids is 1. The van der Waals surface area contributed by atoms with Crippen LogP contribution in [0.15, 0.2) is 42.6 Å². The van der Waals surface area contributed by atoms with Crippen LogP contribution in [0.4, 0.5) is 11.5 Å². The van der Waals surface area contributed by atoms with Gasteiger partial charge in [-0.15, -0.1) is 0 Å². The van der Waals surface area contributed by atoms with Crippen LogP contribution in [0, 0.1) is 6.92 Å². The van der Waals surface area contributed by atoms with Crippen molar-refractivity contribution in [1.29, 1.82) is 0 Å². The van der Waals surface area contributed by atoms with E-state index in [1.54, 1.807) is 0 Å². The Kier molecular flexibility index (Phi) is 5.56. The molecule has 25 heavy (non-hydrogen) atoms. The molecule has 1 aromatic carbocycles. The lowest BCUT2D eigenvalue weighted by molar-refractivity contribution is -0.120. The van der Waals surface area contributed by atoms with Crippen molar-refractivity contribution >= 4 is 29.0 Å². The minimum atomic E-state index is -0.190. The fourth-order valence-electron chi connectivity index (χ4n) is 3.03. The number of piperazine rings is 1. The second kappa shape index (κ2) is 7.85. The lowest BCUT2D eigenvalue weighted by atomic mass is 10.1. The molecule has 2 heterocycles.